The van der Waals surface area contributed by atoms with E-state index in [9.17, 15) is 19.2 Å². The van der Waals surface area contributed by atoms with E-state index in [-0.39, 0.29) is 23.8 Å². The van der Waals surface area contributed by atoms with Gasteiger partial charge in [-0.1, -0.05) is 12.1 Å². The second-order valence-electron chi connectivity index (χ2n) is 6.04. The van der Waals surface area contributed by atoms with E-state index < -0.39 is 24.0 Å². The summed E-state index contributed by atoms with van der Waals surface area (Å²) in [5, 5.41) is 7.22. The summed E-state index contributed by atoms with van der Waals surface area (Å²) in [5.74, 6) is -0.978. The number of rotatable bonds is 9. The Morgan fingerprint density at radius 1 is 1.10 bits per heavy atom. The fraction of sp³-hybridized carbons (Fsp3) is 0.300. The summed E-state index contributed by atoms with van der Waals surface area (Å²) in [6.45, 7) is 3.70. The maximum Gasteiger partial charge on any atom is 0.340 e. The standard InChI is InChI=1S/C20H23N3O6S/c1-3-21-20(27)23-18(25)13(2)29-19(26)15-8-4-5-9-16(15)30-12-17(24)22-11-14-7-6-10-28-14/h4-10,13H,3,11-12H2,1-2H3,(H,22,24)(H2,21,23,25,27). The van der Waals surface area contributed by atoms with Crippen LogP contribution in [0.3, 0.4) is 0 Å². The first kappa shape index (κ1) is 23.0. The Kier molecular flexibility index (Phi) is 8.95. The first-order valence-electron chi connectivity index (χ1n) is 9.21. The number of urea groups is 1. The highest BCUT2D eigenvalue weighted by Gasteiger charge is 2.22. The Balaban J connectivity index is 1.89. The molecule has 0 fully saturated rings. The Bertz CT molecular complexity index is 884. The molecule has 0 radical (unpaired) electrons. The molecular formula is C20H23N3O6S. The van der Waals surface area contributed by atoms with E-state index >= 15 is 0 Å². The summed E-state index contributed by atoms with van der Waals surface area (Å²) in [5.41, 5.74) is 0.221. The summed E-state index contributed by atoms with van der Waals surface area (Å²) in [4.78, 5) is 48.4. The molecule has 1 atom stereocenters. The maximum absolute atomic E-state index is 12.5. The highest BCUT2D eigenvalue weighted by atomic mass is 32.2. The molecule has 2 rings (SSSR count). The van der Waals surface area contributed by atoms with Gasteiger partial charge in [-0.15, -0.1) is 11.8 Å². The summed E-state index contributed by atoms with van der Waals surface area (Å²) >= 11 is 1.17. The van der Waals surface area contributed by atoms with E-state index in [0.717, 1.165) is 0 Å². The van der Waals surface area contributed by atoms with Crippen molar-refractivity contribution in [2.45, 2.75) is 31.4 Å². The lowest BCUT2D eigenvalue weighted by atomic mass is 10.2. The molecule has 4 amide bonds. The van der Waals surface area contributed by atoms with Gasteiger partial charge in [0.15, 0.2) is 6.10 Å². The molecule has 0 aliphatic heterocycles. The summed E-state index contributed by atoms with van der Waals surface area (Å²) in [7, 11) is 0. The largest absolute Gasteiger partial charge is 0.467 e. The molecule has 0 aliphatic carbocycles. The normalized spacial score (nSPS) is 11.3. The number of thioether (sulfide) groups is 1. The smallest absolute Gasteiger partial charge is 0.340 e. The van der Waals surface area contributed by atoms with Crippen LogP contribution in [0, 0.1) is 0 Å². The van der Waals surface area contributed by atoms with Gasteiger partial charge >= 0.3 is 12.0 Å². The highest BCUT2D eigenvalue weighted by Crippen LogP contribution is 2.23. The Hall–Kier alpha value is -3.27. The third-order valence-corrected chi connectivity index (χ3v) is 4.81. The van der Waals surface area contributed by atoms with Crippen molar-refractivity contribution >= 4 is 35.6 Å². The number of imide groups is 1. The summed E-state index contributed by atoms with van der Waals surface area (Å²) in [6.07, 6.45) is 0.352. The van der Waals surface area contributed by atoms with Crippen LogP contribution in [0.5, 0.6) is 0 Å². The van der Waals surface area contributed by atoms with Crippen molar-refractivity contribution in [1.29, 1.82) is 0 Å². The fourth-order valence-corrected chi connectivity index (χ4v) is 3.12. The first-order chi connectivity index (χ1) is 14.4. The number of ether oxygens (including phenoxy) is 1. The van der Waals surface area contributed by atoms with Gasteiger partial charge < -0.3 is 19.8 Å². The Labute approximate surface area is 177 Å². The van der Waals surface area contributed by atoms with Crippen LogP contribution in [0.1, 0.15) is 30.0 Å². The molecule has 0 bridgehead atoms. The molecule has 30 heavy (non-hydrogen) atoms. The predicted molar refractivity (Wildman–Crippen MR) is 110 cm³/mol. The van der Waals surface area contributed by atoms with Crippen LogP contribution in [-0.4, -0.2) is 42.2 Å². The van der Waals surface area contributed by atoms with E-state index in [1.807, 2.05) is 0 Å². The Morgan fingerprint density at radius 3 is 2.57 bits per heavy atom. The number of benzene rings is 1. The van der Waals surface area contributed by atoms with Crippen LogP contribution in [-0.2, 0) is 20.9 Å². The molecule has 160 valence electrons. The maximum atomic E-state index is 12.5. The summed E-state index contributed by atoms with van der Waals surface area (Å²) in [6, 6.07) is 9.42. The molecule has 0 aliphatic rings. The van der Waals surface area contributed by atoms with Crippen molar-refractivity contribution in [1.82, 2.24) is 16.0 Å². The lowest BCUT2D eigenvalue weighted by Crippen LogP contribution is -2.44. The van der Waals surface area contributed by atoms with Crippen molar-refractivity contribution in [3.05, 3.63) is 54.0 Å². The van der Waals surface area contributed by atoms with Gasteiger partial charge in [-0.05, 0) is 38.1 Å². The first-order valence-corrected chi connectivity index (χ1v) is 10.2. The minimum absolute atomic E-state index is 0.0816. The molecule has 1 unspecified atom stereocenters. The number of hydrogen-bond donors (Lipinski definition) is 3. The third-order valence-electron chi connectivity index (χ3n) is 3.73. The predicted octanol–water partition coefficient (Wildman–Crippen LogP) is 2.08. The quantitative estimate of drug-likeness (QED) is 0.408. The highest BCUT2D eigenvalue weighted by molar-refractivity contribution is 8.00. The van der Waals surface area contributed by atoms with Gasteiger partial charge in [-0.2, -0.15) is 0 Å². The van der Waals surface area contributed by atoms with Crippen molar-refractivity contribution in [2.24, 2.45) is 0 Å². The molecule has 1 heterocycles. The number of hydrogen-bond acceptors (Lipinski definition) is 7. The summed E-state index contributed by atoms with van der Waals surface area (Å²) < 4.78 is 10.3. The average Bonchev–Trinajstić information content (AvgIpc) is 3.24. The topological polar surface area (TPSA) is 127 Å². The minimum atomic E-state index is -1.17. The molecule has 0 saturated carbocycles. The van der Waals surface area contributed by atoms with Crippen molar-refractivity contribution < 1.29 is 28.3 Å². The lowest BCUT2D eigenvalue weighted by Gasteiger charge is -2.14. The molecule has 9 nitrogen and oxygen atoms in total. The molecule has 0 spiro atoms. The number of nitrogens with one attached hydrogen (secondary N) is 3. The number of esters is 1. The number of furan rings is 1. The third kappa shape index (κ3) is 7.28. The van der Waals surface area contributed by atoms with Gasteiger partial charge in [0.25, 0.3) is 5.91 Å². The fourth-order valence-electron chi connectivity index (χ4n) is 2.25. The zero-order valence-electron chi connectivity index (χ0n) is 16.6. The van der Waals surface area contributed by atoms with Crippen LogP contribution < -0.4 is 16.0 Å². The molecule has 2 aromatic rings. The minimum Gasteiger partial charge on any atom is -0.467 e. The van der Waals surface area contributed by atoms with Gasteiger partial charge in [-0.3, -0.25) is 14.9 Å². The van der Waals surface area contributed by atoms with Gasteiger partial charge in [0.1, 0.15) is 5.76 Å². The van der Waals surface area contributed by atoms with Crippen molar-refractivity contribution in [3.63, 3.8) is 0 Å². The van der Waals surface area contributed by atoms with E-state index in [0.29, 0.717) is 17.2 Å². The Morgan fingerprint density at radius 2 is 1.87 bits per heavy atom. The zero-order chi connectivity index (χ0) is 21.9. The number of carbonyl (C=O) groups is 4. The van der Waals surface area contributed by atoms with Gasteiger partial charge in [0.05, 0.1) is 24.1 Å². The zero-order valence-corrected chi connectivity index (χ0v) is 17.4. The molecule has 3 N–H and O–H groups in total. The van der Waals surface area contributed by atoms with Crippen molar-refractivity contribution in [3.8, 4) is 0 Å². The van der Waals surface area contributed by atoms with Crippen LogP contribution >= 0.6 is 11.8 Å². The van der Waals surface area contributed by atoms with Gasteiger partial charge in [0, 0.05) is 11.4 Å². The van der Waals surface area contributed by atoms with E-state index in [1.165, 1.54) is 24.9 Å². The van der Waals surface area contributed by atoms with E-state index in [4.69, 9.17) is 9.15 Å². The molecule has 1 aromatic heterocycles. The second-order valence-corrected chi connectivity index (χ2v) is 7.05. The van der Waals surface area contributed by atoms with E-state index in [1.54, 1.807) is 43.3 Å². The second kappa shape index (κ2) is 11.7. The van der Waals surface area contributed by atoms with E-state index in [2.05, 4.69) is 16.0 Å². The van der Waals surface area contributed by atoms with Crippen LogP contribution in [0.2, 0.25) is 0 Å². The monoisotopic (exact) mass is 433 g/mol. The number of amides is 4. The van der Waals surface area contributed by atoms with Gasteiger partial charge in [0.2, 0.25) is 5.91 Å². The number of carbonyl (C=O) groups excluding carboxylic acids is 4. The average molecular weight is 433 g/mol. The SMILES string of the molecule is CCNC(=O)NC(=O)C(C)OC(=O)c1ccccc1SCC(=O)NCc1ccco1. The molecule has 0 saturated heterocycles. The van der Waals surface area contributed by atoms with Crippen LogP contribution in [0.15, 0.2) is 52.0 Å². The molecular weight excluding hydrogens is 410 g/mol. The lowest BCUT2D eigenvalue weighted by molar-refractivity contribution is -0.128. The van der Waals surface area contributed by atoms with Crippen molar-refractivity contribution in [2.75, 3.05) is 12.3 Å². The van der Waals surface area contributed by atoms with Crippen LogP contribution in [0.25, 0.3) is 0 Å². The van der Waals surface area contributed by atoms with Crippen LogP contribution in [0.4, 0.5) is 4.79 Å². The van der Waals surface area contributed by atoms with Gasteiger partial charge in [-0.25, -0.2) is 9.59 Å². The molecule has 10 heteroatoms. The molecule has 1 aromatic carbocycles.